The lowest BCUT2D eigenvalue weighted by Gasteiger charge is -2.23. The Morgan fingerprint density at radius 2 is 1.69 bits per heavy atom. The molecule has 0 aliphatic carbocycles. The molecule has 1 N–H and O–H groups in total. The standard InChI is InChI=1S/C21H29NO4/c1-4-22(13-17-8-6-5-7-9-17)14-19(23)16-26-15-18-10-11-20(24-2)21(12-18)25-3/h5-12,19,23H,4,13-16H2,1-3H3/t19-/m0/s1. The summed E-state index contributed by atoms with van der Waals surface area (Å²) in [4.78, 5) is 2.21. The molecule has 0 aliphatic heterocycles. The molecule has 0 aromatic heterocycles. The Morgan fingerprint density at radius 1 is 0.962 bits per heavy atom. The van der Waals surface area contributed by atoms with Crippen molar-refractivity contribution >= 4 is 0 Å². The number of aliphatic hydroxyl groups excluding tert-OH is 1. The predicted octanol–water partition coefficient (Wildman–Crippen LogP) is 3.10. The van der Waals surface area contributed by atoms with Crippen LogP contribution in [0.4, 0.5) is 0 Å². The van der Waals surface area contributed by atoms with E-state index in [1.165, 1.54) is 5.56 Å². The Labute approximate surface area is 156 Å². The molecule has 0 amide bonds. The average Bonchev–Trinajstić information content (AvgIpc) is 2.68. The molecule has 1 atom stereocenters. The quantitative estimate of drug-likeness (QED) is 0.668. The zero-order chi connectivity index (χ0) is 18.8. The van der Waals surface area contributed by atoms with Crippen molar-refractivity contribution < 1.29 is 19.3 Å². The number of hydrogen-bond donors (Lipinski definition) is 1. The van der Waals surface area contributed by atoms with Gasteiger partial charge in [0.25, 0.3) is 0 Å². The molecular formula is C21H29NO4. The van der Waals surface area contributed by atoms with Gasteiger partial charge in [-0.3, -0.25) is 4.90 Å². The third kappa shape index (κ3) is 6.33. The minimum absolute atomic E-state index is 0.291. The summed E-state index contributed by atoms with van der Waals surface area (Å²) in [5.41, 5.74) is 2.22. The summed E-state index contributed by atoms with van der Waals surface area (Å²) in [6, 6.07) is 16.0. The van der Waals surface area contributed by atoms with Gasteiger partial charge in [-0.2, -0.15) is 0 Å². The van der Waals surface area contributed by atoms with Crippen LogP contribution in [0.25, 0.3) is 0 Å². The Hall–Kier alpha value is -2.08. The Morgan fingerprint density at radius 3 is 2.35 bits per heavy atom. The molecule has 5 nitrogen and oxygen atoms in total. The van der Waals surface area contributed by atoms with Gasteiger partial charge in [-0.05, 0) is 29.8 Å². The zero-order valence-corrected chi connectivity index (χ0v) is 15.9. The highest BCUT2D eigenvalue weighted by Gasteiger charge is 2.12. The molecule has 0 spiro atoms. The summed E-state index contributed by atoms with van der Waals surface area (Å²) in [5.74, 6) is 1.37. The van der Waals surface area contributed by atoms with Crippen molar-refractivity contribution in [2.24, 2.45) is 0 Å². The number of benzene rings is 2. The third-order valence-electron chi connectivity index (χ3n) is 4.19. The molecule has 142 valence electrons. The molecule has 5 heteroatoms. The summed E-state index contributed by atoms with van der Waals surface area (Å²) >= 11 is 0. The first-order valence-corrected chi connectivity index (χ1v) is 8.89. The van der Waals surface area contributed by atoms with E-state index in [1.807, 2.05) is 36.4 Å². The fourth-order valence-electron chi connectivity index (χ4n) is 2.78. The van der Waals surface area contributed by atoms with Gasteiger partial charge < -0.3 is 19.3 Å². The number of nitrogens with zero attached hydrogens (tertiary/aromatic N) is 1. The minimum Gasteiger partial charge on any atom is -0.493 e. The molecule has 0 bridgehead atoms. The molecular weight excluding hydrogens is 330 g/mol. The fraction of sp³-hybridized carbons (Fsp3) is 0.429. The van der Waals surface area contributed by atoms with Crippen molar-refractivity contribution in [1.29, 1.82) is 0 Å². The van der Waals surface area contributed by atoms with E-state index in [-0.39, 0.29) is 0 Å². The maximum absolute atomic E-state index is 10.3. The number of ether oxygens (including phenoxy) is 3. The van der Waals surface area contributed by atoms with E-state index in [4.69, 9.17) is 14.2 Å². The van der Waals surface area contributed by atoms with Crippen LogP contribution in [0.5, 0.6) is 11.5 Å². The third-order valence-corrected chi connectivity index (χ3v) is 4.19. The van der Waals surface area contributed by atoms with Crippen molar-refractivity contribution in [3.8, 4) is 11.5 Å². The van der Waals surface area contributed by atoms with Crippen LogP contribution in [0.15, 0.2) is 48.5 Å². The fourth-order valence-corrected chi connectivity index (χ4v) is 2.78. The maximum atomic E-state index is 10.3. The van der Waals surface area contributed by atoms with Crippen LogP contribution in [0.3, 0.4) is 0 Å². The van der Waals surface area contributed by atoms with E-state index in [1.54, 1.807) is 14.2 Å². The van der Waals surface area contributed by atoms with Gasteiger partial charge in [-0.25, -0.2) is 0 Å². The van der Waals surface area contributed by atoms with Crippen molar-refractivity contribution in [3.63, 3.8) is 0 Å². The van der Waals surface area contributed by atoms with Crippen molar-refractivity contribution in [2.75, 3.05) is 33.9 Å². The molecule has 0 fully saturated rings. The van der Waals surface area contributed by atoms with Crippen LogP contribution in [-0.4, -0.2) is 50.0 Å². The molecule has 2 aromatic rings. The Balaban J connectivity index is 1.78. The zero-order valence-electron chi connectivity index (χ0n) is 15.9. The Bertz CT molecular complexity index is 648. The SMILES string of the molecule is CCN(Cc1ccccc1)C[C@H](O)COCc1ccc(OC)c(OC)c1. The van der Waals surface area contributed by atoms with Crippen molar-refractivity contribution in [3.05, 3.63) is 59.7 Å². The van der Waals surface area contributed by atoms with E-state index in [9.17, 15) is 5.11 Å². The Kier molecular flexibility index (Phi) is 8.41. The lowest BCUT2D eigenvalue weighted by molar-refractivity contribution is 0.00936. The number of rotatable bonds is 11. The van der Waals surface area contributed by atoms with E-state index < -0.39 is 6.10 Å². The van der Waals surface area contributed by atoms with E-state index >= 15 is 0 Å². The predicted molar refractivity (Wildman–Crippen MR) is 103 cm³/mol. The summed E-state index contributed by atoms with van der Waals surface area (Å²) in [7, 11) is 3.22. The molecule has 2 aromatic carbocycles. The second-order valence-electron chi connectivity index (χ2n) is 6.17. The summed E-state index contributed by atoms with van der Waals surface area (Å²) in [5, 5.41) is 10.3. The van der Waals surface area contributed by atoms with Crippen LogP contribution in [0.2, 0.25) is 0 Å². The van der Waals surface area contributed by atoms with Crippen LogP contribution in [-0.2, 0) is 17.9 Å². The first-order valence-electron chi connectivity index (χ1n) is 8.89. The molecule has 0 aliphatic rings. The highest BCUT2D eigenvalue weighted by molar-refractivity contribution is 5.42. The first-order chi connectivity index (χ1) is 12.7. The molecule has 26 heavy (non-hydrogen) atoms. The molecule has 0 saturated heterocycles. The van der Waals surface area contributed by atoms with Gasteiger partial charge in [0, 0.05) is 13.1 Å². The monoisotopic (exact) mass is 359 g/mol. The maximum Gasteiger partial charge on any atom is 0.161 e. The van der Waals surface area contributed by atoms with Crippen LogP contribution >= 0.6 is 0 Å². The van der Waals surface area contributed by atoms with Gasteiger partial charge in [0.2, 0.25) is 0 Å². The second kappa shape index (κ2) is 10.8. The lowest BCUT2D eigenvalue weighted by Crippen LogP contribution is -2.34. The molecule has 0 radical (unpaired) electrons. The summed E-state index contributed by atoms with van der Waals surface area (Å²) < 4.78 is 16.2. The molecule has 2 rings (SSSR count). The van der Waals surface area contributed by atoms with Gasteiger partial charge >= 0.3 is 0 Å². The topological polar surface area (TPSA) is 51.2 Å². The number of aliphatic hydroxyl groups is 1. The number of methoxy groups -OCH3 is 2. The second-order valence-corrected chi connectivity index (χ2v) is 6.17. The van der Waals surface area contributed by atoms with Crippen LogP contribution < -0.4 is 9.47 Å². The van der Waals surface area contributed by atoms with E-state index in [0.717, 1.165) is 18.7 Å². The molecule has 0 heterocycles. The summed E-state index contributed by atoms with van der Waals surface area (Å²) in [6.07, 6.45) is -0.529. The van der Waals surface area contributed by atoms with Crippen molar-refractivity contribution in [1.82, 2.24) is 4.90 Å². The van der Waals surface area contributed by atoms with Crippen molar-refractivity contribution in [2.45, 2.75) is 26.2 Å². The first kappa shape index (κ1) is 20.2. The van der Waals surface area contributed by atoms with E-state index in [2.05, 4.69) is 24.0 Å². The van der Waals surface area contributed by atoms with Gasteiger partial charge in [0.15, 0.2) is 11.5 Å². The largest absolute Gasteiger partial charge is 0.493 e. The highest BCUT2D eigenvalue weighted by Crippen LogP contribution is 2.27. The van der Waals surface area contributed by atoms with Gasteiger partial charge in [-0.1, -0.05) is 43.3 Å². The van der Waals surface area contributed by atoms with Crippen LogP contribution in [0.1, 0.15) is 18.1 Å². The minimum atomic E-state index is -0.529. The summed E-state index contributed by atoms with van der Waals surface area (Å²) in [6.45, 7) is 5.09. The smallest absolute Gasteiger partial charge is 0.161 e. The van der Waals surface area contributed by atoms with Gasteiger partial charge in [0.1, 0.15) is 0 Å². The van der Waals surface area contributed by atoms with Gasteiger partial charge in [0.05, 0.1) is 33.5 Å². The number of likely N-dealkylation sites (N-methyl/N-ethyl adjacent to an activating group) is 1. The molecule has 0 saturated carbocycles. The average molecular weight is 359 g/mol. The normalized spacial score (nSPS) is 12.2. The highest BCUT2D eigenvalue weighted by atomic mass is 16.5. The van der Waals surface area contributed by atoms with Crippen LogP contribution in [0, 0.1) is 0 Å². The lowest BCUT2D eigenvalue weighted by atomic mass is 10.2. The molecule has 0 unspecified atom stereocenters. The number of hydrogen-bond acceptors (Lipinski definition) is 5. The van der Waals surface area contributed by atoms with E-state index in [0.29, 0.717) is 31.3 Å². The van der Waals surface area contributed by atoms with Gasteiger partial charge in [-0.15, -0.1) is 0 Å².